The number of carbonyl (C=O) groups is 2. The van der Waals surface area contributed by atoms with Crippen LogP contribution in [0, 0.1) is 11.8 Å². The number of hydrogen-bond donors (Lipinski definition) is 1. The summed E-state index contributed by atoms with van der Waals surface area (Å²) in [6, 6.07) is 16.3. The number of rotatable bonds is 7. The van der Waals surface area contributed by atoms with E-state index in [-0.39, 0.29) is 11.6 Å². The highest BCUT2D eigenvalue weighted by Crippen LogP contribution is 2.41. The molecule has 218 valence electrons. The fourth-order valence-electron chi connectivity index (χ4n) is 7.24. The monoisotopic (exact) mass is 574 g/mol. The van der Waals surface area contributed by atoms with Gasteiger partial charge in [-0.2, -0.15) is 0 Å². The average Bonchev–Trinajstić information content (AvgIpc) is 3.31. The quantitative estimate of drug-likeness (QED) is 0.280. The minimum absolute atomic E-state index is 0.0772. The van der Waals surface area contributed by atoms with Gasteiger partial charge in [-0.15, -0.1) is 0 Å². The topological polar surface area (TPSA) is 108 Å². The summed E-state index contributed by atoms with van der Waals surface area (Å²) in [6.07, 6.45) is 7.59. The molecule has 0 radical (unpaired) electrons. The number of primary amides is 1. The molecule has 3 aliphatic rings. The number of nitrogens with two attached hydrogens (primary N) is 1. The zero-order valence-corrected chi connectivity index (χ0v) is 24.4. The van der Waals surface area contributed by atoms with Crippen molar-refractivity contribution < 1.29 is 14.3 Å². The Balaban J connectivity index is 1.23. The molecule has 3 fully saturated rings. The number of likely N-dealkylation sites (tertiary alicyclic amines) is 1. The third kappa shape index (κ3) is 4.28. The Bertz CT molecular complexity index is 1930. The van der Waals surface area contributed by atoms with Gasteiger partial charge in [-0.3, -0.25) is 14.6 Å². The van der Waals surface area contributed by atoms with Crippen molar-refractivity contribution in [1.29, 1.82) is 0 Å². The third-order valence-electron chi connectivity index (χ3n) is 9.69. The maximum absolute atomic E-state index is 13.6. The van der Waals surface area contributed by atoms with Crippen molar-refractivity contribution >= 4 is 33.8 Å². The van der Waals surface area contributed by atoms with Gasteiger partial charge >= 0.3 is 0 Å². The van der Waals surface area contributed by atoms with E-state index in [1.807, 2.05) is 25.2 Å². The number of aryl methyl sites for hydroxylation is 1. The second-order valence-corrected chi connectivity index (χ2v) is 12.5. The number of pyridine rings is 1. The molecule has 2 aromatic carbocycles. The van der Waals surface area contributed by atoms with E-state index in [1.54, 1.807) is 19.4 Å². The van der Waals surface area contributed by atoms with E-state index < -0.39 is 5.91 Å². The van der Waals surface area contributed by atoms with Crippen molar-refractivity contribution in [2.75, 3.05) is 13.7 Å². The van der Waals surface area contributed by atoms with E-state index in [4.69, 9.17) is 15.5 Å². The summed E-state index contributed by atoms with van der Waals surface area (Å²) < 4.78 is 10.3. The van der Waals surface area contributed by atoms with Crippen molar-refractivity contribution in [2.24, 2.45) is 24.6 Å². The molecule has 2 bridgehead atoms. The van der Waals surface area contributed by atoms with E-state index in [1.165, 1.54) is 19.3 Å². The fraction of sp³-hybridized carbons (Fsp3) is 0.353. The highest BCUT2D eigenvalue weighted by molar-refractivity contribution is 6.00. The molecule has 9 heteroatoms. The number of nitrogens with zero attached hydrogens (tertiary/aromatic N) is 5. The SMILES string of the molecule is COc1cc(C(=O)N2CC3CCC2C3)cc2nc(-c3cc4ccc(-c5ccc(C(N)=O)nc5)cc4n3CC3CC3)n(C)c12. The fourth-order valence-corrected chi connectivity index (χ4v) is 7.24. The second-order valence-electron chi connectivity index (χ2n) is 12.5. The normalized spacial score (nSPS) is 19.5. The van der Waals surface area contributed by atoms with Crippen molar-refractivity contribution in [3.05, 3.63) is 66.0 Å². The first-order valence-electron chi connectivity index (χ1n) is 15.1. The van der Waals surface area contributed by atoms with Gasteiger partial charge in [-0.25, -0.2) is 4.98 Å². The highest BCUT2D eigenvalue weighted by atomic mass is 16.5. The molecule has 2 atom stereocenters. The smallest absolute Gasteiger partial charge is 0.267 e. The summed E-state index contributed by atoms with van der Waals surface area (Å²) in [6.45, 7) is 1.76. The lowest BCUT2D eigenvalue weighted by Crippen LogP contribution is -2.37. The first-order valence-corrected chi connectivity index (χ1v) is 15.1. The van der Waals surface area contributed by atoms with Crippen LogP contribution in [0.15, 0.2) is 54.7 Å². The maximum atomic E-state index is 13.6. The summed E-state index contributed by atoms with van der Waals surface area (Å²) in [7, 11) is 3.68. The van der Waals surface area contributed by atoms with E-state index >= 15 is 0 Å². The molecule has 9 nitrogen and oxygen atoms in total. The molecule has 8 rings (SSSR count). The van der Waals surface area contributed by atoms with Gasteiger partial charge in [0.25, 0.3) is 11.8 Å². The van der Waals surface area contributed by atoms with Gasteiger partial charge in [0.1, 0.15) is 17.0 Å². The zero-order chi connectivity index (χ0) is 29.4. The van der Waals surface area contributed by atoms with Crippen LogP contribution in [0.25, 0.3) is 44.6 Å². The molecule has 0 spiro atoms. The third-order valence-corrected chi connectivity index (χ3v) is 9.69. The van der Waals surface area contributed by atoms with Gasteiger partial charge < -0.3 is 24.5 Å². The Morgan fingerprint density at radius 3 is 2.53 bits per heavy atom. The number of imidazole rings is 1. The second kappa shape index (κ2) is 9.69. The van der Waals surface area contributed by atoms with E-state index in [0.717, 1.165) is 70.5 Å². The Labute approximate surface area is 249 Å². The number of aromatic nitrogens is 4. The molecular formula is C34H34N6O3. The molecular weight excluding hydrogens is 540 g/mol. The molecule has 1 saturated heterocycles. The van der Waals surface area contributed by atoms with Crippen LogP contribution in [0.4, 0.5) is 0 Å². The van der Waals surface area contributed by atoms with Crippen molar-refractivity contribution in [1.82, 2.24) is 24.0 Å². The van der Waals surface area contributed by atoms with Crippen LogP contribution >= 0.6 is 0 Å². The largest absolute Gasteiger partial charge is 0.494 e. The van der Waals surface area contributed by atoms with Gasteiger partial charge in [-0.1, -0.05) is 18.2 Å². The Hall–Kier alpha value is -4.66. The number of hydrogen-bond acceptors (Lipinski definition) is 5. The summed E-state index contributed by atoms with van der Waals surface area (Å²) in [4.78, 5) is 36.6. The Kier molecular flexibility index (Phi) is 5.86. The summed E-state index contributed by atoms with van der Waals surface area (Å²) in [5.74, 6) is 2.31. The van der Waals surface area contributed by atoms with Crippen molar-refractivity contribution in [2.45, 2.75) is 44.7 Å². The first kappa shape index (κ1) is 26.0. The molecule has 5 aromatic rings. The number of methoxy groups -OCH3 is 1. The lowest BCUT2D eigenvalue weighted by atomic mass is 10.1. The van der Waals surface area contributed by atoms with Crippen LogP contribution < -0.4 is 10.5 Å². The highest BCUT2D eigenvalue weighted by Gasteiger charge is 2.40. The molecule has 2 saturated carbocycles. The minimum Gasteiger partial charge on any atom is -0.494 e. The summed E-state index contributed by atoms with van der Waals surface area (Å²) in [5.41, 5.74) is 12.0. The predicted octanol–water partition coefficient (Wildman–Crippen LogP) is 5.40. The van der Waals surface area contributed by atoms with Gasteiger partial charge in [0.2, 0.25) is 0 Å². The van der Waals surface area contributed by atoms with Crippen LogP contribution in [0.1, 0.15) is 53.0 Å². The number of ether oxygens (including phenoxy) is 1. The van der Waals surface area contributed by atoms with Crippen LogP contribution in [-0.4, -0.2) is 55.5 Å². The van der Waals surface area contributed by atoms with Gasteiger partial charge in [0.05, 0.1) is 18.3 Å². The average molecular weight is 575 g/mol. The van der Waals surface area contributed by atoms with Crippen LogP contribution in [0.2, 0.25) is 0 Å². The molecule has 2 unspecified atom stereocenters. The number of amides is 2. The number of benzene rings is 2. The molecule has 43 heavy (non-hydrogen) atoms. The van der Waals surface area contributed by atoms with Gasteiger partial charge in [0, 0.05) is 54.4 Å². The number of fused-ring (bicyclic) bond motifs is 4. The van der Waals surface area contributed by atoms with Gasteiger partial charge in [-0.05, 0) is 79.8 Å². The van der Waals surface area contributed by atoms with E-state index in [9.17, 15) is 9.59 Å². The minimum atomic E-state index is -0.538. The molecule has 2 N–H and O–H groups in total. The van der Waals surface area contributed by atoms with E-state index in [0.29, 0.717) is 29.2 Å². The molecule has 2 amide bonds. The number of carbonyl (C=O) groups excluding carboxylic acids is 2. The van der Waals surface area contributed by atoms with Crippen LogP contribution in [0.3, 0.4) is 0 Å². The zero-order valence-electron chi connectivity index (χ0n) is 24.4. The lowest BCUT2D eigenvalue weighted by molar-refractivity contribution is 0.0703. The van der Waals surface area contributed by atoms with E-state index in [2.05, 4.69) is 43.3 Å². The molecule has 3 aromatic heterocycles. The lowest BCUT2D eigenvalue weighted by Gasteiger charge is -2.27. The molecule has 2 aliphatic carbocycles. The molecule has 4 heterocycles. The molecule has 1 aliphatic heterocycles. The maximum Gasteiger partial charge on any atom is 0.267 e. The van der Waals surface area contributed by atoms with Crippen molar-refractivity contribution in [3.8, 4) is 28.4 Å². The van der Waals surface area contributed by atoms with Crippen LogP contribution in [0.5, 0.6) is 5.75 Å². The van der Waals surface area contributed by atoms with Gasteiger partial charge in [0.15, 0.2) is 5.82 Å². The standard InChI is InChI=1S/C34H34N6O3/c1-38-31-27(12-24(15-30(31)43-2)34(42)39-18-20-5-9-25(39)11-20)37-33(38)29-14-22-7-6-21(13-28(22)40(29)17-19-3-4-19)23-8-10-26(32(35)41)36-16-23/h6-8,10,12-16,19-20,25H,3-5,9,11,17-18H2,1-2H3,(H2,35,41). The van der Waals surface area contributed by atoms with Crippen LogP contribution in [-0.2, 0) is 13.6 Å². The summed E-state index contributed by atoms with van der Waals surface area (Å²) >= 11 is 0. The predicted molar refractivity (Wildman–Crippen MR) is 165 cm³/mol. The Morgan fingerprint density at radius 1 is 1.02 bits per heavy atom. The Morgan fingerprint density at radius 2 is 1.86 bits per heavy atom. The first-order chi connectivity index (χ1) is 20.9. The number of piperidine rings is 1. The van der Waals surface area contributed by atoms with Crippen molar-refractivity contribution in [3.63, 3.8) is 0 Å². The summed E-state index contributed by atoms with van der Waals surface area (Å²) in [5, 5.41) is 1.13.